The molecule has 0 saturated heterocycles. The molecule has 0 aromatic heterocycles. The van der Waals surface area contributed by atoms with Gasteiger partial charge in [0, 0.05) is 11.4 Å². The predicted octanol–water partition coefficient (Wildman–Crippen LogP) is 2.54. The highest BCUT2D eigenvalue weighted by atomic mass is 32.2. The summed E-state index contributed by atoms with van der Waals surface area (Å²) in [5.41, 5.74) is 6.50. The maximum atomic E-state index is 13.2. The molecule has 0 radical (unpaired) electrons. The third-order valence-corrected chi connectivity index (χ3v) is 4.57. The van der Waals surface area contributed by atoms with Crippen LogP contribution in [0.4, 0.5) is 15.8 Å². The normalized spacial score (nSPS) is 13.4. The number of para-hydroxylation sites is 1. The van der Waals surface area contributed by atoms with Crippen LogP contribution in [-0.2, 0) is 15.6 Å². The molecule has 3 N–H and O–H groups in total. The predicted molar refractivity (Wildman–Crippen MR) is 81.8 cm³/mol. The van der Waals surface area contributed by atoms with Crippen LogP contribution in [0.2, 0.25) is 0 Å². The van der Waals surface area contributed by atoms with Crippen molar-refractivity contribution in [3.8, 4) is 0 Å². The van der Waals surface area contributed by atoms with Gasteiger partial charge in [0.25, 0.3) is 0 Å². The van der Waals surface area contributed by atoms with Crippen molar-refractivity contribution in [1.29, 1.82) is 0 Å². The van der Waals surface area contributed by atoms with Gasteiger partial charge in [-0.05, 0) is 37.3 Å². The van der Waals surface area contributed by atoms with Crippen LogP contribution in [0, 0.1) is 5.82 Å². The molecule has 110 valence electrons. The smallest absolute Gasteiger partial charge is 0.240 e. The fourth-order valence-corrected chi connectivity index (χ4v) is 2.90. The third-order valence-electron chi connectivity index (χ3n) is 2.92. The second-order valence-electron chi connectivity index (χ2n) is 4.48. The van der Waals surface area contributed by atoms with Crippen LogP contribution in [0.25, 0.3) is 0 Å². The summed E-state index contributed by atoms with van der Waals surface area (Å²) in [4.78, 5) is 12.2. The highest BCUT2D eigenvalue weighted by molar-refractivity contribution is 7.86. The molecule has 21 heavy (non-hydrogen) atoms. The minimum absolute atomic E-state index is 0.130. The number of hydrogen-bond acceptors (Lipinski definition) is 3. The second-order valence-corrected chi connectivity index (χ2v) is 6.22. The minimum Gasteiger partial charge on any atom is -0.398 e. The lowest BCUT2D eigenvalue weighted by atomic mass is 10.3. The number of rotatable bonds is 4. The molecule has 0 fully saturated rings. The van der Waals surface area contributed by atoms with Crippen molar-refractivity contribution in [2.45, 2.75) is 17.1 Å². The van der Waals surface area contributed by atoms with E-state index in [1.54, 1.807) is 24.3 Å². The zero-order valence-electron chi connectivity index (χ0n) is 11.4. The monoisotopic (exact) mass is 306 g/mol. The maximum Gasteiger partial charge on any atom is 0.240 e. The number of benzene rings is 2. The lowest BCUT2D eigenvalue weighted by Crippen LogP contribution is -2.29. The van der Waals surface area contributed by atoms with Gasteiger partial charge in [-0.15, -0.1) is 0 Å². The molecule has 0 aliphatic heterocycles. The van der Waals surface area contributed by atoms with E-state index in [9.17, 15) is 13.4 Å². The van der Waals surface area contributed by atoms with Gasteiger partial charge < -0.3 is 11.1 Å². The lowest BCUT2D eigenvalue weighted by molar-refractivity contribution is -0.115. The van der Waals surface area contributed by atoms with Crippen LogP contribution in [-0.4, -0.2) is 15.4 Å². The van der Waals surface area contributed by atoms with Crippen molar-refractivity contribution in [3.63, 3.8) is 0 Å². The Kier molecular flexibility index (Phi) is 4.70. The molecule has 2 rings (SSSR count). The molecule has 1 amide bonds. The highest BCUT2D eigenvalue weighted by Crippen LogP contribution is 2.21. The zero-order valence-corrected chi connectivity index (χ0v) is 12.2. The van der Waals surface area contributed by atoms with E-state index >= 15 is 0 Å². The fourth-order valence-electron chi connectivity index (χ4n) is 1.74. The number of hydrogen-bond donors (Lipinski definition) is 2. The second kappa shape index (κ2) is 6.49. The van der Waals surface area contributed by atoms with Gasteiger partial charge in [-0.1, -0.05) is 18.2 Å². The molecule has 2 unspecified atom stereocenters. The molecule has 0 bridgehead atoms. The van der Waals surface area contributed by atoms with Gasteiger partial charge in [0.1, 0.15) is 11.1 Å². The summed E-state index contributed by atoms with van der Waals surface area (Å²) in [7, 11) is -1.73. The van der Waals surface area contributed by atoms with Crippen molar-refractivity contribution in [1.82, 2.24) is 0 Å². The molecule has 0 aliphatic carbocycles. The van der Waals surface area contributed by atoms with Gasteiger partial charge in [0.2, 0.25) is 5.91 Å². The van der Waals surface area contributed by atoms with E-state index in [4.69, 9.17) is 5.73 Å². The summed E-state index contributed by atoms with van der Waals surface area (Å²) in [6.07, 6.45) is 0. The standard InChI is InChI=1S/C15H15FN2O2S/c1-10(15(19)18-12-5-3-2-4-6-12)21(20)14-9-11(16)7-8-13(14)17/h2-10H,17H2,1H3,(H,18,19). The van der Waals surface area contributed by atoms with Crippen LogP contribution in [0.5, 0.6) is 0 Å². The van der Waals surface area contributed by atoms with Crippen LogP contribution < -0.4 is 11.1 Å². The van der Waals surface area contributed by atoms with E-state index in [0.29, 0.717) is 5.69 Å². The van der Waals surface area contributed by atoms with Crippen LogP contribution >= 0.6 is 0 Å². The quantitative estimate of drug-likeness (QED) is 0.853. The number of carbonyl (C=O) groups excluding carboxylic acids is 1. The Balaban J connectivity index is 2.15. The van der Waals surface area contributed by atoms with Crippen molar-refractivity contribution in [2.75, 3.05) is 11.1 Å². The number of halogens is 1. The first kappa shape index (κ1) is 15.2. The lowest BCUT2D eigenvalue weighted by Gasteiger charge is -2.13. The molecule has 2 aromatic rings. The summed E-state index contributed by atoms with van der Waals surface area (Å²) in [6.45, 7) is 1.51. The number of nitrogen functional groups attached to an aromatic ring is 1. The Bertz CT molecular complexity index is 677. The molecule has 6 heteroatoms. The molecular weight excluding hydrogens is 291 g/mol. The average Bonchev–Trinajstić information content (AvgIpc) is 2.49. The average molecular weight is 306 g/mol. The summed E-state index contributed by atoms with van der Waals surface area (Å²) >= 11 is 0. The van der Waals surface area contributed by atoms with Crippen molar-refractivity contribution in [3.05, 3.63) is 54.3 Å². The molecule has 2 atom stereocenters. The molecule has 0 aliphatic rings. The Morgan fingerprint density at radius 1 is 1.24 bits per heavy atom. The number of amides is 1. The van der Waals surface area contributed by atoms with Gasteiger partial charge >= 0.3 is 0 Å². The van der Waals surface area contributed by atoms with Crippen molar-refractivity contribution in [2.24, 2.45) is 0 Å². The van der Waals surface area contributed by atoms with Crippen LogP contribution in [0.15, 0.2) is 53.4 Å². The van der Waals surface area contributed by atoms with E-state index < -0.39 is 27.8 Å². The van der Waals surface area contributed by atoms with E-state index in [1.807, 2.05) is 6.07 Å². The van der Waals surface area contributed by atoms with E-state index in [1.165, 1.54) is 19.1 Å². The summed E-state index contributed by atoms with van der Waals surface area (Å²) in [6, 6.07) is 12.5. The van der Waals surface area contributed by atoms with Crippen molar-refractivity contribution >= 4 is 28.1 Å². The molecule has 0 spiro atoms. The first-order valence-corrected chi connectivity index (χ1v) is 7.52. The number of anilines is 2. The summed E-state index contributed by atoms with van der Waals surface area (Å²) in [5, 5.41) is 1.81. The van der Waals surface area contributed by atoms with Gasteiger partial charge in [0.05, 0.1) is 15.7 Å². The Morgan fingerprint density at radius 3 is 2.57 bits per heavy atom. The maximum absolute atomic E-state index is 13.2. The molecule has 4 nitrogen and oxygen atoms in total. The Labute approximate surface area is 124 Å². The minimum atomic E-state index is -1.73. The summed E-state index contributed by atoms with van der Waals surface area (Å²) < 4.78 is 25.6. The highest BCUT2D eigenvalue weighted by Gasteiger charge is 2.23. The Hall–Kier alpha value is -2.21. The molecule has 2 aromatic carbocycles. The van der Waals surface area contributed by atoms with Crippen LogP contribution in [0.1, 0.15) is 6.92 Å². The van der Waals surface area contributed by atoms with Gasteiger partial charge in [-0.2, -0.15) is 0 Å². The summed E-state index contributed by atoms with van der Waals surface area (Å²) in [5.74, 6) is -0.952. The van der Waals surface area contributed by atoms with Gasteiger partial charge in [0.15, 0.2) is 0 Å². The number of carbonyl (C=O) groups is 1. The fraction of sp³-hybridized carbons (Fsp3) is 0.133. The number of nitrogens with two attached hydrogens (primary N) is 1. The van der Waals surface area contributed by atoms with Gasteiger partial charge in [-0.25, -0.2) is 4.39 Å². The first-order chi connectivity index (χ1) is 9.99. The SMILES string of the molecule is CC(C(=O)Nc1ccccc1)S(=O)c1cc(F)ccc1N. The molecule has 0 saturated carbocycles. The largest absolute Gasteiger partial charge is 0.398 e. The van der Waals surface area contributed by atoms with E-state index in [2.05, 4.69) is 5.32 Å². The topological polar surface area (TPSA) is 72.2 Å². The van der Waals surface area contributed by atoms with Crippen molar-refractivity contribution < 1.29 is 13.4 Å². The van der Waals surface area contributed by atoms with E-state index in [0.717, 1.165) is 6.07 Å². The zero-order chi connectivity index (χ0) is 15.4. The van der Waals surface area contributed by atoms with Gasteiger partial charge in [-0.3, -0.25) is 9.00 Å². The third kappa shape index (κ3) is 3.66. The first-order valence-electron chi connectivity index (χ1n) is 6.30. The molecular formula is C15H15FN2O2S. The van der Waals surface area contributed by atoms with E-state index in [-0.39, 0.29) is 10.6 Å². The van der Waals surface area contributed by atoms with Crippen LogP contribution in [0.3, 0.4) is 0 Å². The number of nitrogens with one attached hydrogen (secondary N) is 1. The molecule has 0 heterocycles. The Morgan fingerprint density at radius 2 is 1.90 bits per heavy atom.